The molecule has 6 heteroatoms. The molecule has 2 aromatic rings. The number of nitrogens with one attached hydrogen (secondary N) is 2. The molecule has 1 saturated carbocycles. The Bertz CT molecular complexity index is 702. The first kappa shape index (κ1) is 15.8. The summed E-state index contributed by atoms with van der Waals surface area (Å²) in [6, 6.07) is 4.49. The van der Waals surface area contributed by atoms with Crippen molar-refractivity contribution in [1.29, 1.82) is 0 Å². The lowest BCUT2D eigenvalue weighted by molar-refractivity contribution is -0.132. The molecule has 2 N–H and O–H groups in total. The Kier molecular flexibility index (Phi) is 4.18. The van der Waals surface area contributed by atoms with Crippen molar-refractivity contribution < 1.29 is 4.79 Å². The number of amides is 1. The molecule has 5 nitrogen and oxygen atoms in total. The van der Waals surface area contributed by atoms with Gasteiger partial charge < -0.3 is 10.2 Å². The molecule has 2 fully saturated rings. The fraction of sp³-hybridized carbons (Fsp3) is 0.556. The van der Waals surface area contributed by atoms with Crippen molar-refractivity contribution in [2.75, 3.05) is 13.1 Å². The molecule has 3 heterocycles. The summed E-state index contributed by atoms with van der Waals surface area (Å²) in [4.78, 5) is 15.1. The van der Waals surface area contributed by atoms with Crippen LogP contribution >= 0.6 is 11.3 Å². The molecule has 1 spiro atoms. The number of nitrogens with zero attached hydrogens (tertiary/aromatic N) is 2. The third-order valence-electron chi connectivity index (χ3n) is 5.47. The highest BCUT2D eigenvalue weighted by Gasteiger charge is 2.57. The van der Waals surface area contributed by atoms with Gasteiger partial charge in [-0.1, -0.05) is 0 Å². The normalized spacial score (nSPS) is 21.8. The maximum absolute atomic E-state index is 13.0. The molecule has 0 aromatic carbocycles. The molecule has 1 aliphatic carbocycles. The molecular weight excluding hydrogens is 320 g/mol. The lowest BCUT2D eigenvalue weighted by Gasteiger charge is -2.29. The van der Waals surface area contributed by atoms with E-state index in [0.717, 1.165) is 37.4 Å². The van der Waals surface area contributed by atoms with E-state index in [1.165, 1.54) is 18.4 Å². The van der Waals surface area contributed by atoms with E-state index in [4.69, 9.17) is 0 Å². The summed E-state index contributed by atoms with van der Waals surface area (Å²) >= 11 is 1.69. The highest BCUT2D eigenvalue weighted by molar-refractivity contribution is 7.07. The second-order valence-corrected chi connectivity index (χ2v) is 7.98. The summed E-state index contributed by atoms with van der Waals surface area (Å²) in [6.07, 6.45) is 3.92. The van der Waals surface area contributed by atoms with Crippen LogP contribution in [-0.4, -0.2) is 40.1 Å². The van der Waals surface area contributed by atoms with E-state index in [1.54, 1.807) is 11.3 Å². The Balaban J connectivity index is 1.51. The lowest BCUT2D eigenvalue weighted by atomic mass is 9.93. The molecule has 24 heavy (non-hydrogen) atoms. The minimum absolute atomic E-state index is 0.202. The van der Waals surface area contributed by atoms with E-state index in [0.29, 0.717) is 17.9 Å². The molecule has 128 valence electrons. The topological polar surface area (TPSA) is 61.0 Å². The zero-order chi connectivity index (χ0) is 16.6. The smallest absolute Gasteiger partial charge is 0.229 e. The van der Waals surface area contributed by atoms with Crippen LogP contribution in [0.25, 0.3) is 0 Å². The Morgan fingerprint density at radius 1 is 1.46 bits per heavy atom. The van der Waals surface area contributed by atoms with Crippen LogP contribution in [0, 0.1) is 12.3 Å². The number of carbonyl (C=O) groups is 1. The van der Waals surface area contributed by atoms with Gasteiger partial charge in [0.25, 0.3) is 0 Å². The van der Waals surface area contributed by atoms with Crippen molar-refractivity contribution in [3.8, 4) is 0 Å². The predicted molar refractivity (Wildman–Crippen MR) is 94.8 cm³/mol. The fourth-order valence-electron chi connectivity index (χ4n) is 4.00. The number of piperidine rings is 1. The van der Waals surface area contributed by atoms with E-state index in [-0.39, 0.29) is 5.91 Å². The maximum Gasteiger partial charge on any atom is 0.229 e. The van der Waals surface area contributed by atoms with Crippen LogP contribution in [-0.2, 0) is 17.8 Å². The van der Waals surface area contributed by atoms with Gasteiger partial charge in [-0.25, -0.2) is 0 Å². The highest BCUT2D eigenvalue weighted by atomic mass is 32.1. The average Bonchev–Trinajstić information content (AvgIpc) is 2.96. The van der Waals surface area contributed by atoms with E-state index in [1.807, 2.05) is 13.0 Å². The van der Waals surface area contributed by atoms with Gasteiger partial charge in [0.15, 0.2) is 0 Å². The number of hydrogen-bond acceptors (Lipinski definition) is 4. The minimum atomic E-state index is 0.202. The summed E-state index contributed by atoms with van der Waals surface area (Å²) in [5.74, 6) is 0.202. The molecule has 4 rings (SSSR count). The van der Waals surface area contributed by atoms with Crippen LogP contribution in [0.15, 0.2) is 22.9 Å². The third-order valence-corrected chi connectivity index (χ3v) is 6.20. The van der Waals surface area contributed by atoms with Gasteiger partial charge in [0, 0.05) is 18.3 Å². The zero-order valence-corrected chi connectivity index (χ0v) is 14.9. The van der Waals surface area contributed by atoms with Gasteiger partial charge in [-0.05, 0) is 73.1 Å². The van der Waals surface area contributed by atoms with Gasteiger partial charge in [0.2, 0.25) is 5.91 Å². The standard InChI is InChI=1S/C18H24N4OS/c1-13-8-15(21-20-13)9-17(23)22(11-14-2-7-24-12-14)16-10-18(16)3-5-19-6-4-18/h2,7-8,12,16,19H,3-6,9-11H2,1H3,(H,20,21). The van der Waals surface area contributed by atoms with Gasteiger partial charge >= 0.3 is 0 Å². The molecule has 0 bridgehead atoms. The Hall–Kier alpha value is -1.66. The number of thiophene rings is 1. The average molecular weight is 344 g/mol. The Labute approximate surface area is 146 Å². The summed E-state index contributed by atoms with van der Waals surface area (Å²) < 4.78 is 0. The van der Waals surface area contributed by atoms with Gasteiger partial charge in [0.1, 0.15) is 0 Å². The zero-order valence-electron chi connectivity index (χ0n) is 14.0. The first-order valence-electron chi connectivity index (χ1n) is 8.68. The van der Waals surface area contributed by atoms with Crippen molar-refractivity contribution in [3.05, 3.63) is 39.8 Å². The molecule has 1 aliphatic heterocycles. The Morgan fingerprint density at radius 3 is 2.96 bits per heavy atom. The van der Waals surface area contributed by atoms with Crippen LogP contribution in [0.5, 0.6) is 0 Å². The summed E-state index contributed by atoms with van der Waals surface area (Å²) in [7, 11) is 0. The first-order chi connectivity index (χ1) is 11.7. The Morgan fingerprint density at radius 2 is 2.29 bits per heavy atom. The van der Waals surface area contributed by atoms with E-state index >= 15 is 0 Å². The molecule has 1 saturated heterocycles. The van der Waals surface area contributed by atoms with E-state index in [2.05, 4.69) is 37.2 Å². The summed E-state index contributed by atoms with van der Waals surface area (Å²) in [5.41, 5.74) is 3.44. The van der Waals surface area contributed by atoms with E-state index in [9.17, 15) is 4.79 Å². The van der Waals surface area contributed by atoms with Crippen molar-refractivity contribution in [3.63, 3.8) is 0 Å². The number of carbonyl (C=O) groups excluding carboxylic acids is 1. The van der Waals surface area contributed by atoms with Crippen LogP contribution in [0.1, 0.15) is 36.2 Å². The van der Waals surface area contributed by atoms with E-state index < -0.39 is 0 Å². The molecule has 1 amide bonds. The molecule has 2 aliphatic rings. The largest absolute Gasteiger partial charge is 0.334 e. The monoisotopic (exact) mass is 344 g/mol. The lowest BCUT2D eigenvalue weighted by Crippen LogP contribution is -2.39. The van der Waals surface area contributed by atoms with Crippen molar-refractivity contribution in [2.45, 2.75) is 45.2 Å². The molecule has 0 radical (unpaired) electrons. The fourth-order valence-corrected chi connectivity index (χ4v) is 4.66. The van der Waals surface area contributed by atoms with Crippen LogP contribution in [0.4, 0.5) is 0 Å². The molecule has 1 unspecified atom stereocenters. The molecular formula is C18H24N4OS. The maximum atomic E-state index is 13.0. The molecule has 2 aromatic heterocycles. The van der Waals surface area contributed by atoms with Crippen LogP contribution in [0.2, 0.25) is 0 Å². The van der Waals surface area contributed by atoms with Crippen molar-refractivity contribution in [1.82, 2.24) is 20.4 Å². The van der Waals surface area contributed by atoms with Crippen LogP contribution < -0.4 is 5.32 Å². The number of rotatable bonds is 5. The molecule has 1 atom stereocenters. The van der Waals surface area contributed by atoms with Gasteiger partial charge in [-0.15, -0.1) is 0 Å². The number of hydrogen-bond donors (Lipinski definition) is 2. The van der Waals surface area contributed by atoms with Crippen LogP contribution in [0.3, 0.4) is 0 Å². The minimum Gasteiger partial charge on any atom is -0.334 e. The van der Waals surface area contributed by atoms with Gasteiger partial charge in [-0.3, -0.25) is 9.89 Å². The summed E-state index contributed by atoms with van der Waals surface area (Å²) in [6.45, 7) is 4.85. The number of aromatic nitrogens is 2. The number of aryl methyl sites for hydroxylation is 1. The number of H-pyrrole nitrogens is 1. The second-order valence-electron chi connectivity index (χ2n) is 7.20. The number of aromatic amines is 1. The quantitative estimate of drug-likeness (QED) is 0.876. The second kappa shape index (κ2) is 6.33. The highest BCUT2D eigenvalue weighted by Crippen LogP contribution is 2.56. The summed E-state index contributed by atoms with van der Waals surface area (Å²) in [5, 5.41) is 14.8. The van der Waals surface area contributed by atoms with Gasteiger partial charge in [0.05, 0.1) is 12.1 Å². The SMILES string of the molecule is Cc1cc(CC(=O)N(Cc2ccsc2)C2CC23CCNCC3)n[nH]1. The first-order valence-corrected chi connectivity index (χ1v) is 9.63. The van der Waals surface area contributed by atoms with Crippen molar-refractivity contribution >= 4 is 17.2 Å². The van der Waals surface area contributed by atoms with Gasteiger partial charge in [-0.2, -0.15) is 16.4 Å². The van der Waals surface area contributed by atoms with Crippen molar-refractivity contribution in [2.24, 2.45) is 5.41 Å². The third kappa shape index (κ3) is 3.13. The predicted octanol–water partition coefficient (Wildman–Crippen LogP) is 2.49.